The maximum absolute atomic E-state index is 11.2. The van der Waals surface area contributed by atoms with Crippen molar-refractivity contribution in [3.63, 3.8) is 0 Å². The summed E-state index contributed by atoms with van der Waals surface area (Å²) in [5.74, 6) is -1.20. The number of carboxylic acid groups (broad SMARTS) is 2. The van der Waals surface area contributed by atoms with Crippen LogP contribution in [0.15, 0.2) is 12.1 Å². The average Bonchev–Trinajstić information content (AvgIpc) is 3.59. The lowest BCUT2D eigenvalue weighted by molar-refractivity contribution is -0.144. The zero-order valence-electron chi connectivity index (χ0n) is 18.8. The molecule has 0 bridgehead atoms. The Labute approximate surface area is 181 Å². The number of hydrogen-bond donors (Lipinski definition) is 2. The van der Waals surface area contributed by atoms with Crippen LogP contribution in [-0.4, -0.2) is 22.2 Å². The van der Waals surface area contributed by atoms with Gasteiger partial charge in [0.15, 0.2) is 0 Å². The second kappa shape index (κ2) is 9.53. The predicted octanol–water partition coefficient (Wildman–Crippen LogP) is 6.24. The number of unbranched alkanes of at least 4 members (excludes halogenated alkanes) is 4. The molecule has 4 nitrogen and oxygen atoms in total. The van der Waals surface area contributed by atoms with Gasteiger partial charge in [-0.25, -0.2) is 0 Å². The fourth-order valence-corrected chi connectivity index (χ4v) is 4.83. The first-order valence-corrected chi connectivity index (χ1v) is 11.8. The number of aryl methyl sites for hydroxylation is 4. The van der Waals surface area contributed by atoms with Crippen LogP contribution in [0, 0.1) is 24.7 Å². The molecule has 0 amide bonds. The van der Waals surface area contributed by atoms with E-state index >= 15 is 0 Å². The molecule has 0 aromatic heterocycles. The van der Waals surface area contributed by atoms with Crippen molar-refractivity contribution in [2.45, 2.75) is 104 Å². The van der Waals surface area contributed by atoms with Crippen LogP contribution in [0.4, 0.5) is 0 Å². The molecule has 2 fully saturated rings. The average molecular weight is 415 g/mol. The fraction of sp³-hybridized carbons (Fsp3) is 0.692. The number of carboxylic acids is 2. The molecule has 1 aromatic rings. The van der Waals surface area contributed by atoms with Crippen LogP contribution in [0.3, 0.4) is 0 Å². The van der Waals surface area contributed by atoms with Crippen LogP contribution < -0.4 is 0 Å². The first-order valence-electron chi connectivity index (χ1n) is 11.8. The van der Waals surface area contributed by atoms with Gasteiger partial charge < -0.3 is 10.2 Å². The van der Waals surface area contributed by atoms with Gasteiger partial charge in [0.2, 0.25) is 0 Å². The van der Waals surface area contributed by atoms with E-state index in [0.717, 1.165) is 89.9 Å². The first-order chi connectivity index (χ1) is 14.3. The van der Waals surface area contributed by atoms with Gasteiger partial charge in [-0.15, -0.1) is 0 Å². The van der Waals surface area contributed by atoms with E-state index in [9.17, 15) is 19.8 Å². The van der Waals surface area contributed by atoms with E-state index in [2.05, 4.69) is 26.0 Å². The topological polar surface area (TPSA) is 74.6 Å². The molecule has 0 spiro atoms. The van der Waals surface area contributed by atoms with Crippen LogP contribution in [0.1, 0.15) is 99.3 Å². The Kier molecular flexibility index (Phi) is 7.26. The van der Waals surface area contributed by atoms with Gasteiger partial charge >= 0.3 is 11.9 Å². The van der Waals surface area contributed by atoms with Gasteiger partial charge in [-0.3, -0.25) is 9.59 Å². The van der Waals surface area contributed by atoms with Gasteiger partial charge in [-0.05, 0) is 100 Å². The third-order valence-electron chi connectivity index (χ3n) is 7.61. The van der Waals surface area contributed by atoms with E-state index in [-0.39, 0.29) is 10.8 Å². The molecule has 166 valence electrons. The van der Waals surface area contributed by atoms with Gasteiger partial charge in [-0.2, -0.15) is 0 Å². The molecule has 0 heterocycles. The molecule has 0 radical (unpaired) electrons. The van der Waals surface area contributed by atoms with Crippen molar-refractivity contribution in [3.05, 3.63) is 34.4 Å². The summed E-state index contributed by atoms with van der Waals surface area (Å²) in [7, 11) is 0. The molecule has 1 aromatic carbocycles. The summed E-state index contributed by atoms with van der Waals surface area (Å²) < 4.78 is 0. The third kappa shape index (κ3) is 5.65. The Morgan fingerprint density at radius 2 is 1.07 bits per heavy atom. The summed E-state index contributed by atoms with van der Waals surface area (Å²) in [6, 6.07) is 4.68. The maximum atomic E-state index is 11.2. The standard InChI is InChI=1S/C26H38O4/c1-19-17-22(10-6-4-8-12-26(15-16-26)24(29)30)20(2)18-21(19)9-5-3-7-11-25(13-14-25)23(27)28/h17-18H,3-16H2,1-2H3,(H,27,28)(H,29,30). The Morgan fingerprint density at radius 3 is 1.37 bits per heavy atom. The third-order valence-corrected chi connectivity index (χ3v) is 7.61. The van der Waals surface area contributed by atoms with Crippen molar-refractivity contribution in [1.82, 2.24) is 0 Å². The quantitative estimate of drug-likeness (QED) is 0.353. The molecule has 2 N–H and O–H groups in total. The molecule has 0 atom stereocenters. The molecular formula is C26H38O4. The number of rotatable bonds is 14. The van der Waals surface area contributed by atoms with Crippen molar-refractivity contribution >= 4 is 11.9 Å². The highest BCUT2D eigenvalue weighted by atomic mass is 16.4. The van der Waals surface area contributed by atoms with Crippen molar-refractivity contribution < 1.29 is 19.8 Å². The van der Waals surface area contributed by atoms with E-state index in [1.54, 1.807) is 0 Å². The number of hydrogen-bond acceptors (Lipinski definition) is 2. The van der Waals surface area contributed by atoms with Crippen molar-refractivity contribution in [2.24, 2.45) is 10.8 Å². The molecule has 2 saturated carbocycles. The predicted molar refractivity (Wildman–Crippen MR) is 119 cm³/mol. The largest absolute Gasteiger partial charge is 0.481 e. The molecule has 0 saturated heterocycles. The fourth-order valence-electron chi connectivity index (χ4n) is 4.83. The van der Waals surface area contributed by atoms with E-state index < -0.39 is 11.9 Å². The van der Waals surface area contributed by atoms with E-state index in [0.29, 0.717) is 0 Å². The molecule has 30 heavy (non-hydrogen) atoms. The summed E-state index contributed by atoms with van der Waals surface area (Å²) in [6.07, 6.45) is 13.8. The van der Waals surface area contributed by atoms with E-state index in [1.807, 2.05) is 0 Å². The number of carbonyl (C=O) groups is 2. The van der Waals surface area contributed by atoms with E-state index in [4.69, 9.17) is 0 Å². The highest BCUT2D eigenvalue weighted by molar-refractivity contribution is 5.78. The molecule has 3 rings (SSSR count). The number of benzene rings is 1. The second-order valence-electron chi connectivity index (χ2n) is 10.00. The molecule has 4 heteroatoms. The summed E-state index contributed by atoms with van der Waals surface area (Å²) >= 11 is 0. The highest BCUT2D eigenvalue weighted by Gasteiger charge is 2.49. The van der Waals surface area contributed by atoms with Crippen LogP contribution in [0.2, 0.25) is 0 Å². The molecule has 2 aliphatic rings. The Hall–Kier alpha value is -1.84. The molecule has 2 aliphatic carbocycles. The van der Waals surface area contributed by atoms with Crippen molar-refractivity contribution in [3.8, 4) is 0 Å². The highest BCUT2D eigenvalue weighted by Crippen LogP contribution is 2.50. The van der Waals surface area contributed by atoms with E-state index in [1.165, 1.54) is 22.3 Å². The SMILES string of the molecule is Cc1cc(CCCCCC2(C(=O)O)CC2)c(C)cc1CCCCCC1(C(=O)O)CC1. The molecule has 0 unspecified atom stereocenters. The lowest BCUT2D eigenvalue weighted by atomic mass is 9.92. The zero-order valence-corrected chi connectivity index (χ0v) is 18.8. The zero-order chi connectivity index (χ0) is 21.8. The van der Waals surface area contributed by atoms with Crippen LogP contribution >= 0.6 is 0 Å². The Bertz CT molecular complexity index is 706. The Morgan fingerprint density at radius 1 is 0.700 bits per heavy atom. The minimum Gasteiger partial charge on any atom is -0.481 e. The van der Waals surface area contributed by atoms with Crippen molar-refractivity contribution in [2.75, 3.05) is 0 Å². The minimum absolute atomic E-state index is 0.374. The normalized spacial score (nSPS) is 18.2. The first kappa shape index (κ1) is 22.8. The van der Waals surface area contributed by atoms with Gasteiger partial charge in [0.05, 0.1) is 10.8 Å². The van der Waals surface area contributed by atoms with Crippen LogP contribution in [-0.2, 0) is 22.4 Å². The van der Waals surface area contributed by atoms with Gasteiger partial charge in [0.1, 0.15) is 0 Å². The summed E-state index contributed by atoms with van der Waals surface area (Å²) in [5, 5.41) is 18.5. The van der Waals surface area contributed by atoms with Crippen LogP contribution in [0.25, 0.3) is 0 Å². The lowest BCUT2D eigenvalue weighted by Gasteiger charge is -2.13. The number of aliphatic carboxylic acids is 2. The van der Waals surface area contributed by atoms with Gasteiger partial charge in [-0.1, -0.05) is 37.8 Å². The van der Waals surface area contributed by atoms with Crippen LogP contribution in [0.5, 0.6) is 0 Å². The smallest absolute Gasteiger partial charge is 0.309 e. The lowest BCUT2D eigenvalue weighted by Crippen LogP contribution is -2.14. The molecule has 0 aliphatic heterocycles. The van der Waals surface area contributed by atoms with Crippen molar-refractivity contribution in [1.29, 1.82) is 0 Å². The summed E-state index contributed by atoms with van der Waals surface area (Å²) in [6.45, 7) is 4.40. The Balaban J connectivity index is 1.36. The monoisotopic (exact) mass is 414 g/mol. The molecular weight excluding hydrogens is 376 g/mol. The van der Waals surface area contributed by atoms with Gasteiger partial charge in [0.25, 0.3) is 0 Å². The summed E-state index contributed by atoms with van der Waals surface area (Å²) in [4.78, 5) is 22.5. The minimum atomic E-state index is -0.599. The maximum Gasteiger partial charge on any atom is 0.309 e. The van der Waals surface area contributed by atoms with Gasteiger partial charge in [0, 0.05) is 0 Å². The second-order valence-corrected chi connectivity index (χ2v) is 10.00. The summed E-state index contributed by atoms with van der Waals surface area (Å²) in [5.41, 5.74) is 4.83.